The summed E-state index contributed by atoms with van der Waals surface area (Å²) in [6, 6.07) is 22.5. The van der Waals surface area contributed by atoms with Crippen LogP contribution in [0.25, 0.3) is 0 Å². The second-order valence-electron chi connectivity index (χ2n) is 7.78. The first-order valence-electron chi connectivity index (χ1n) is 11.2. The number of aryl methyl sites for hydroxylation is 1. The summed E-state index contributed by atoms with van der Waals surface area (Å²) in [5.74, 6) is 2.07. The third-order valence-electron chi connectivity index (χ3n) is 5.40. The Morgan fingerprint density at radius 1 is 1.00 bits per heavy atom. The van der Waals surface area contributed by atoms with Crippen molar-refractivity contribution in [1.82, 2.24) is 20.1 Å². The molecule has 34 heavy (non-hydrogen) atoms. The van der Waals surface area contributed by atoms with Crippen molar-refractivity contribution in [3.8, 4) is 5.75 Å². The number of hydrogen-bond acceptors (Lipinski definition) is 6. The summed E-state index contributed by atoms with van der Waals surface area (Å²) >= 11 is 3.16. The Morgan fingerprint density at radius 2 is 1.79 bits per heavy atom. The summed E-state index contributed by atoms with van der Waals surface area (Å²) in [5.41, 5.74) is 2.43. The molecule has 0 saturated heterocycles. The van der Waals surface area contributed by atoms with Crippen LogP contribution in [0.15, 0.2) is 77.3 Å². The monoisotopic (exact) mass is 492 g/mol. The molecule has 176 valence electrons. The van der Waals surface area contributed by atoms with E-state index in [0.717, 1.165) is 48.1 Å². The first-order chi connectivity index (χ1) is 16.7. The van der Waals surface area contributed by atoms with Crippen molar-refractivity contribution in [3.05, 3.63) is 93.9 Å². The van der Waals surface area contributed by atoms with E-state index >= 15 is 0 Å². The average Bonchev–Trinajstić information content (AvgIpc) is 3.52. The minimum atomic E-state index is -0.00377. The lowest BCUT2D eigenvalue weighted by molar-refractivity contribution is -0.118. The van der Waals surface area contributed by atoms with Crippen LogP contribution in [0.5, 0.6) is 5.75 Å². The number of thioether (sulfide) groups is 1. The van der Waals surface area contributed by atoms with Crippen LogP contribution in [-0.2, 0) is 30.6 Å². The second-order valence-corrected chi connectivity index (χ2v) is 9.75. The highest BCUT2D eigenvalue weighted by molar-refractivity contribution is 7.99. The molecule has 0 unspecified atom stereocenters. The maximum atomic E-state index is 12.5. The molecule has 0 radical (unpaired) electrons. The quantitative estimate of drug-likeness (QED) is 0.292. The fourth-order valence-corrected chi connectivity index (χ4v) is 5.07. The van der Waals surface area contributed by atoms with Gasteiger partial charge in [0.05, 0.1) is 12.9 Å². The fourth-order valence-electron chi connectivity index (χ4n) is 3.56. The Kier molecular flexibility index (Phi) is 8.76. The number of aromatic nitrogens is 3. The minimum absolute atomic E-state index is 0.00377. The van der Waals surface area contributed by atoms with Crippen LogP contribution >= 0.6 is 23.1 Å². The highest BCUT2D eigenvalue weighted by Gasteiger charge is 2.15. The van der Waals surface area contributed by atoms with Crippen molar-refractivity contribution in [3.63, 3.8) is 0 Å². The highest BCUT2D eigenvalue weighted by atomic mass is 32.2. The smallest absolute Gasteiger partial charge is 0.230 e. The molecule has 4 aromatic rings. The number of nitrogens with zero attached hydrogens (tertiary/aromatic N) is 3. The van der Waals surface area contributed by atoms with Crippen LogP contribution in [0, 0.1) is 0 Å². The second kappa shape index (κ2) is 12.4. The summed E-state index contributed by atoms with van der Waals surface area (Å²) in [5, 5.41) is 14.7. The Labute approximate surface area is 208 Å². The maximum Gasteiger partial charge on any atom is 0.230 e. The first-order valence-corrected chi connectivity index (χ1v) is 13.1. The van der Waals surface area contributed by atoms with Crippen LogP contribution in [0.2, 0.25) is 0 Å². The van der Waals surface area contributed by atoms with Crippen molar-refractivity contribution < 1.29 is 9.53 Å². The van der Waals surface area contributed by atoms with Gasteiger partial charge in [-0.05, 0) is 47.5 Å². The predicted octanol–water partition coefficient (Wildman–Crippen LogP) is 4.63. The van der Waals surface area contributed by atoms with Crippen molar-refractivity contribution >= 4 is 29.0 Å². The first kappa shape index (κ1) is 24.0. The zero-order valence-electron chi connectivity index (χ0n) is 19.1. The van der Waals surface area contributed by atoms with Crippen LogP contribution in [0.4, 0.5) is 0 Å². The number of carbonyl (C=O) groups is 1. The van der Waals surface area contributed by atoms with Crippen molar-refractivity contribution in [2.45, 2.75) is 31.0 Å². The van der Waals surface area contributed by atoms with Gasteiger partial charge in [-0.2, -0.15) is 0 Å². The van der Waals surface area contributed by atoms with E-state index in [-0.39, 0.29) is 5.91 Å². The van der Waals surface area contributed by atoms with Gasteiger partial charge in [-0.1, -0.05) is 60.3 Å². The van der Waals surface area contributed by atoms with Crippen molar-refractivity contribution in [1.29, 1.82) is 0 Å². The molecule has 0 bridgehead atoms. The van der Waals surface area contributed by atoms with E-state index in [1.165, 1.54) is 22.2 Å². The number of nitrogens with one attached hydrogen (secondary N) is 1. The largest absolute Gasteiger partial charge is 0.497 e. The molecule has 0 saturated carbocycles. The summed E-state index contributed by atoms with van der Waals surface area (Å²) in [4.78, 5) is 13.7. The Hall–Kier alpha value is -3.10. The number of ether oxygens (including phenoxy) is 1. The molecule has 2 heterocycles. The number of amides is 1. The van der Waals surface area contributed by atoms with Gasteiger partial charge in [0.2, 0.25) is 5.91 Å². The number of rotatable bonds is 12. The summed E-state index contributed by atoms with van der Waals surface area (Å²) < 4.78 is 7.34. The number of methoxy groups -OCH3 is 1. The number of carbonyl (C=O) groups excluding carboxylic acids is 1. The van der Waals surface area contributed by atoms with Gasteiger partial charge in [0, 0.05) is 24.4 Å². The lowest BCUT2D eigenvalue weighted by Crippen LogP contribution is -2.27. The Balaban J connectivity index is 1.33. The highest BCUT2D eigenvalue weighted by Crippen LogP contribution is 2.21. The van der Waals surface area contributed by atoms with Gasteiger partial charge < -0.3 is 14.6 Å². The molecular formula is C26H28N4O2S2. The minimum Gasteiger partial charge on any atom is -0.497 e. The third kappa shape index (κ3) is 6.95. The van der Waals surface area contributed by atoms with Crippen molar-refractivity contribution in [2.24, 2.45) is 0 Å². The van der Waals surface area contributed by atoms with E-state index in [0.29, 0.717) is 12.3 Å². The third-order valence-corrected chi connectivity index (χ3v) is 7.24. The van der Waals surface area contributed by atoms with E-state index in [2.05, 4.69) is 61.9 Å². The van der Waals surface area contributed by atoms with Gasteiger partial charge in [0.15, 0.2) is 5.16 Å². The molecule has 2 aromatic heterocycles. The topological polar surface area (TPSA) is 69.0 Å². The molecular weight excluding hydrogens is 464 g/mol. The molecule has 2 aromatic carbocycles. The summed E-state index contributed by atoms with van der Waals surface area (Å²) in [7, 11) is 1.65. The Morgan fingerprint density at radius 3 is 2.53 bits per heavy atom. The van der Waals surface area contributed by atoms with Gasteiger partial charge in [0.1, 0.15) is 11.6 Å². The molecule has 6 nitrogen and oxygen atoms in total. The molecule has 0 spiro atoms. The standard InChI is InChI=1S/C26H28N4O2S2/c1-32-22-11-9-21(10-12-22)13-15-27-25(31)19-34-26-29-28-24(18-23-8-5-17-33-23)30(26)16-14-20-6-3-2-4-7-20/h2-12,17H,13-16,18-19H2,1H3,(H,27,31). The van der Waals surface area contributed by atoms with Gasteiger partial charge in [-0.3, -0.25) is 4.79 Å². The van der Waals surface area contributed by atoms with E-state index in [4.69, 9.17) is 4.74 Å². The fraction of sp³-hybridized carbons (Fsp3) is 0.269. The number of thiophene rings is 1. The molecule has 0 aliphatic rings. The maximum absolute atomic E-state index is 12.5. The van der Waals surface area contributed by atoms with Gasteiger partial charge >= 0.3 is 0 Å². The molecule has 8 heteroatoms. The van der Waals surface area contributed by atoms with Crippen LogP contribution < -0.4 is 10.1 Å². The van der Waals surface area contributed by atoms with E-state index < -0.39 is 0 Å². The summed E-state index contributed by atoms with van der Waals surface area (Å²) in [6.45, 7) is 1.37. The van der Waals surface area contributed by atoms with Gasteiger partial charge in [-0.25, -0.2) is 0 Å². The molecule has 0 fully saturated rings. The number of benzene rings is 2. The van der Waals surface area contributed by atoms with Gasteiger partial charge in [0.25, 0.3) is 0 Å². The predicted molar refractivity (Wildman–Crippen MR) is 138 cm³/mol. The zero-order valence-corrected chi connectivity index (χ0v) is 20.8. The van der Waals surface area contributed by atoms with E-state index in [1.54, 1.807) is 18.4 Å². The SMILES string of the molecule is COc1ccc(CCNC(=O)CSc2nnc(Cc3cccs3)n2CCc2ccccc2)cc1. The number of hydrogen-bond donors (Lipinski definition) is 1. The van der Waals surface area contributed by atoms with Crippen LogP contribution in [-0.4, -0.2) is 40.1 Å². The average molecular weight is 493 g/mol. The molecule has 4 rings (SSSR count). The van der Waals surface area contributed by atoms with E-state index in [9.17, 15) is 4.79 Å². The molecule has 0 atom stereocenters. The lowest BCUT2D eigenvalue weighted by Gasteiger charge is -2.10. The van der Waals surface area contributed by atoms with Crippen LogP contribution in [0.1, 0.15) is 21.8 Å². The molecule has 0 aliphatic carbocycles. The van der Waals surface area contributed by atoms with E-state index in [1.807, 2.05) is 30.3 Å². The summed E-state index contributed by atoms with van der Waals surface area (Å²) in [6.07, 6.45) is 2.41. The van der Waals surface area contributed by atoms with Gasteiger partial charge in [-0.15, -0.1) is 21.5 Å². The molecule has 1 N–H and O–H groups in total. The zero-order chi connectivity index (χ0) is 23.6. The molecule has 0 aliphatic heterocycles. The van der Waals surface area contributed by atoms with Crippen molar-refractivity contribution in [2.75, 3.05) is 19.4 Å². The Bertz CT molecular complexity index is 1160. The molecule has 1 amide bonds. The lowest BCUT2D eigenvalue weighted by atomic mass is 10.1. The normalized spacial score (nSPS) is 10.9. The van der Waals surface area contributed by atoms with Crippen LogP contribution in [0.3, 0.4) is 0 Å².